The lowest BCUT2D eigenvalue weighted by Crippen LogP contribution is -2.19. The van der Waals surface area contributed by atoms with Gasteiger partial charge < -0.3 is 5.32 Å². The zero-order valence-electron chi connectivity index (χ0n) is 11.0. The van der Waals surface area contributed by atoms with E-state index in [1.165, 1.54) is 0 Å². The highest BCUT2D eigenvalue weighted by atomic mass is 79.9. The van der Waals surface area contributed by atoms with E-state index < -0.39 is 11.6 Å². The number of halogens is 4. The van der Waals surface area contributed by atoms with Gasteiger partial charge in [-0.05, 0) is 54.9 Å². The van der Waals surface area contributed by atoms with Gasteiger partial charge in [-0.15, -0.1) is 0 Å². The van der Waals surface area contributed by atoms with E-state index in [1.807, 2.05) is 25.1 Å². The molecule has 5 heteroatoms. The molecular weight excluding hydrogens is 348 g/mol. The molecule has 1 unspecified atom stereocenters. The van der Waals surface area contributed by atoms with Crippen LogP contribution >= 0.6 is 27.5 Å². The van der Waals surface area contributed by atoms with Gasteiger partial charge in [0.25, 0.3) is 0 Å². The summed E-state index contributed by atoms with van der Waals surface area (Å²) in [5.74, 6) is -1.85. The average molecular weight is 361 g/mol. The maximum atomic E-state index is 13.5. The third kappa shape index (κ3) is 3.03. The zero-order valence-corrected chi connectivity index (χ0v) is 13.3. The molecule has 0 aliphatic carbocycles. The molecule has 106 valence electrons. The molecule has 0 radical (unpaired) electrons. The Morgan fingerprint density at radius 1 is 1.10 bits per heavy atom. The van der Waals surface area contributed by atoms with Crippen LogP contribution in [0.4, 0.5) is 8.78 Å². The maximum absolute atomic E-state index is 13.5. The fourth-order valence-electron chi connectivity index (χ4n) is 2.20. The minimum Gasteiger partial charge on any atom is -0.309 e. The molecule has 0 aliphatic heterocycles. The van der Waals surface area contributed by atoms with Crippen molar-refractivity contribution < 1.29 is 8.78 Å². The molecule has 0 aliphatic rings. The topological polar surface area (TPSA) is 12.0 Å². The van der Waals surface area contributed by atoms with Crippen molar-refractivity contribution in [1.82, 2.24) is 5.32 Å². The van der Waals surface area contributed by atoms with Gasteiger partial charge in [0.05, 0.1) is 6.04 Å². The van der Waals surface area contributed by atoms with Crippen LogP contribution in [-0.2, 0) is 0 Å². The van der Waals surface area contributed by atoms with Crippen LogP contribution in [0.2, 0.25) is 5.02 Å². The monoisotopic (exact) mass is 359 g/mol. The lowest BCUT2D eigenvalue weighted by molar-refractivity contribution is 0.505. The average Bonchev–Trinajstić information content (AvgIpc) is 2.38. The van der Waals surface area contributed by atoms with E-state index in [1.54, 1.807) is 7.05 Å². The minimum atomic E-state index is -0.943. The molecule has 0 saturated carbocycles. The van der Waals surface area contributed by atoms with Crippen molar-refractivity contribution >= 4 is 27.5 Å². The highest BCUT2D eigenvalue weighted by molar-refractivity contribution is 9.10. The third-order valence-corrected chi connectivity index (χ3v) is 4.00. The van der Waals surface area contributed by atoms with Gasteiger partial charge in [-0.2, -0.15) is 0 Å². The number of nitrogens with one attached hydrogen (secondary N) is 1. The molecule has 0 heterocycles. The molecular formula is C15H13BrClF2N. The van der Waals surface area contributed by atoms with Gasteiger partial charge in [-0.3, -0.25) is 0 Å². The number of hydrogen-bond donors (Lipinski definition) is 1. The molecule has 1 nitrogen and oxygen atoms in total. The highest BCUT2D eigenvalue weighted by Crippen LogP contribution is 2.32. The van der Waals surface area contributed by atoms with Crippen molar-refractivity contribution in [3.63, 3.8) is 0 Å². The van der Waals surface area contributed by atoms with E-state index in [0.717, 1.165) is 27.7 Å². The zero-order chi connectivity index (χ0) is 14.9. The van der Waals surface area contributed by atoms with Crippen molar-refractivity contribution in [3.8, 4) is 0 Å². The molecule has 0 aromatic heterocycles. The SMILES string of the molecule is CNC(c1ccc(Br)cc1C)c1cc(F)c(F)cc1Cl. The summed E-state index contributed by atoms with van der Waals surface area (Å²) in [5, 5.41) is 3.29. The second-order valence-corrected chi connectivity index (χ2v) is 5.83. The van der Waals surface area contributed by atoms with Gasteiger partial charge in [0.15, 0.2) is 11.6 Å². The molecule has 2 rings (SSSR count). The first-order valence-corrected chi connectivity index (χ1v) is 7.19. The van der Waals surface area contributed by atoms with Crippen LogP contribution in [0.5, 0.6) is 0 Å². The summed E-state index contributed by atoms with van der Waals surface area (Å²) in [5.41, 5.74) is 2.50. The van der Waals surface area contributed by atoms with Crippen LogP contribution in [0, 0.1) is 18.6 Å². The molecule has 0 bridgehead atoms. The van der Waals surface area contributed by atoms with Crippen LogP contribution < -0.4 is 5.32 Å². The van der Waals surface area contributed by atoms with Crippen LogP contribution in [0.15, 0.2) is 34.8 Å². The quantitative estimate of drug-likeness (QED) is 0.760. The Labute approximate surface area is 130 Å². The Morgan fingerprint density at radius 3 is 2.35 bits per heavy atom. The van der Waals surface area contributed by atoms with Crippen molar-refractivity contribution in [2.45, 2.75) is 13.0 Å². The van der Waals surface area contributed by atoms with E-state index in [4.69, 9.17) is 11.6 Å². The Balaban J connectivity index is 2.55. The van der Waals surface area contributed by atoms with Crippen LogP contribution in [0.1, 0.15) is 22.7 Å². The van der Waals surface area contributed by atoms with E-state index in [2.05, 4.69) is 21.2 Å². The van der Waals surface area contributed by atoms with Crippen molar-refractivity contribution in [2.24, 2.45) is 0 Å². The Kier molecular flexibility index (Phi) is 4.78. The summed E-state index contributed by atoms with van der Waals surface area (Å²) >= 11 is 9.46. The Hall–Kier alpha value is -0.970. The van der Waals surface area contributed by atoms with Gasteiger partial charge in [0.1, 0.15) is 0 Å². The molecule has 0 spiro atoms. The fraction of sp³-hybridized carbons (Fsp3) is 0.200. The maximum Gasteiger partial charge on any atom is 0.160 e. The second-order valence-electron chi connectivity index (χ2n) is 4.51. The van der Waals surface area contributed by atoms with Crippen LogP contribution in [-0.4, -0.2) is 7.05 Å². The first-order valence-electron chi connectivity index (χ1n) is 6.01. The first-order chi connectivity index (χ1) is 9.43. The fourth-order valence-corrected chi connectivity index (χ4v) is 2.94. The standard InChI is InChI=1S/C15H13BrClF2N/c1-8-5-9(16)3-4-10(8)15(20-2)11-6-13(18)14(19)7-12(11)17/h3-7,15,20H,1-2H3. The number of rotatable bonds is 3. The molecule has 0 amide bonds. The van der Waals surface area contributed by atoms with E-state index in [-0.39, 0.29) is 11.1 Å². The van der Waals surface area contributed by atoms with Gasteiger partial charge in [-0.1, -0.05) is 33.6 Å². The van der Waals surface area contributed by atoms with Crippen molar-refractivity contribution in [3.05, 3.63) is 68.2 Å². The lowest BCUT2D eigenvalue weighted by atomic mass is 9.95. The molecule has 0 saturated heterocycles. The summed E-state index contributed by atoms with van der Waals surface area (Å²) in [7, 11) is 1.75. The van der Waals surface area contributed by atoms with Gasteiger partial charge in [0, 0.05) is 9.50 Å². The normalized spacial score (nSPS) is 12.5. The molecule has 0 fully saturated rings. The summed E-state index contributed by atoms with van der Waals surface area (Å²) < 4.78 is 27.6. The predicted molar refractivity (Wildman–Crippen MR) is 81.1 cm³/mol. The van der Waals surface area contributed by atoms with Gasteiger partial charge >= 0.3 is 0 Å². The molecule has 1 N–H and O–H groups in total. The third-order valence-electron chi connectivity index (χ3n) is 3.18. The van der Waals surface area contributed by atoms with E-state index in [9.17, 15) is 8.78 Å². The second kappa shape index (κ2) is 6.20. The Bertz CT molecular complexity index is 646. The van der Waals surface area contributed by atoms with Crippen molar-refractivity contribution in [1.29, 1.82) is 0 Å². The molecule has 2 aromatic rings. The van der Waals surface area contributed by atoms with E-state index >= 15 is 0 Å². The van der Waals surface area contributed by atoms with Crippen LogP contribution in [0.25, 0.3) is 0 Å². The molecule has 2 aromatic carbocycles. The highest BCUT2D eigenvalue weighted by Gasteiger charge is 2.19. The van der Waals surface area contributed by atoms with E-state index in [0.29, 0.717) is 5.56 Å². The summed E-state index contributed by atoms with van der Waals surface area (Å²) in [4.78, 5) is 0. The summed E-state index contributed by atoms with van der Waals surface area (Å²) in [6.07, 6.45) is 0. The van der Waals surface area contributed by atoms with Crippen molar-refractivity contribution in [2.75, 3.05) is 7.05 Å². The lowest BCUT2D eigenvalue weighted by Gasteiger charge is -2.21. The van der Waals surface area contributed by atoms with Crippen LogP contribution in [0.3, 0.4) is 0 Å². The summed E-state index contributed by atoms with van der Waals surface area (Å²) in [6.45, 7) is 1.96. The Morgan fingerprint density at radius 2 is 1.75 bits per heavy atom. The van der Waals surface area contributed by atoms with Gasteiger partial charge in [-0.25, -0.2) is 8.78 Å². The summed E-state index contributed by atoms with van der Waals surface area (Å²) in [6, 6.07) is 7.64. The number of hydrogen-bond acceptors (Lipinski definition) is 1. The predicted octanol–water partition coefficient (Wildman–Crippen LogP) is 5.00. The van der Waals surface area contributed by atoms with Gasteiger partial charge in [0.2, 0.25) is 0 Å². The first kappa shape index (κ1) is 15.4. The molecule has 1 atom stereocenters. The number of aryl methyl sites for hydroxylation is 1. The largest absolute Gasteiger partial charge is 0.309 e. The molecule has 20 heavy (non-hydrogen) atoms. The minimum absolute atomic E-state index is 0.200. The smallest absolute Gasteiger partial charge is 0.160 e. The number of benzene rings is 2.